The molecule has 1 saturated heterocycles. The monoisotopic (exact) mass is 383 g/mol. The molecule has 0 N–H and O–H groups in total. The maximum Gasteiger partial charge on any atom is 0.131 e. The molecule has 1 nitrogen and oxygen atoms in total. The van der Waals surface area contributed by atoms with E-state index < -0.39 is 0 Å². The molecule has 0 bridgehead atoms. The second-order valence-electron chi connectivity index (χ2n) is 7.68. The van der Waals surface area contributed by atoms with Crippen LogP contribution in [0.25, 0.3) is 11.1 Å². The molecular formula is C24H32FOSi. The highest BCUT2D eigenvalue weighted by atomic mass is 28.3. The lowest BCUT2D eigenvalue weighted by atomic mass is 9.91. The van der Waals surface area contributed by atoms with E-state index in [1.165, 1.54) is 55.8 Å². The van der Waals surface area contributed by atoms with E-state index in [4.69, 9.17) is 4.74 Å². The summed E-state index contributed by atoms with van der Waals surface area (Å²) in [6, 6.07) is 17.9. The van der Waals surface area contributed by atoms with Gasteiger partial charge in [-0.3, -0.25) is 0 Å². The van der Waals surface area contributed by atoms with Gasteiger partial charge >= 0.3 is 0 Å². The molecule has 0 aromatic heterocycles. The van der Waals surface area contributed by atoms with Crippen LogP contribution >= 0.6 is 0 Å². The van der Waals surface area contributed by atoms with Crippen LogP contribution in [0.4, 0.5) is 4.39 Å². The van der Waals surface area contributed by atoms with Crippen molar-refractivity contribution in [3.63, 3.8) is 0 Å². The molecule has 2 aromatic rings. The topological polar surface area (TPSA) is 9.23 Å². The maximum atomic E-state index is 14.8. The molecule has 0 amide bonds. The molecule has 1 aliphatic heterocycles. The Morgan fingerprint density at radius 2 is 1.74 bits per heavy atom. The van der Waals surface area contributed by atoms with Crippen LogP contribution < -0.4 is 4.74 Å². The van der Waals surface area contributed by atoms with Crippen LogP contribution in [0.15, 0.2) is 42.5 Å². The third kappa shape index (κ3) is 5.44. The zero-order valence-corrected chi connectivity index (χ0v) is 17.8. The maximum absolute atomic E-state index is 14.8. The van der Waals surface area contributed by atoms with Gasteiger partial charge in [0.05, 0.1) is 6.61 Å². The van der Waals surface area contributed by atoms with Gasteiger partial charge in [-0.15, -0.1) is 0 Å². The quantitative estimate of drug-likeness (QED) is 0.340. The van der Waals surface area contributed by atoms with E-state index in [0.29, 0.717) is 18.1 Å². The summed E-state index contributed by atoms with van der Waals surface area (Å²) in [5, 5.41) is 0. The van der Waals surface area contributed by atoms with Crippen molar-refractivity contribution in [3.05, 3.63) is 53.8 Å². The fourth-order valence-corrected chi connectivity index (χ4v) is 7.16. The van der Waals surface area contributed by atoms with E-state index in [9.17, 15) is 4.39 Å². The molecule has 0 atom stereocenters. The fourth-order valence-electron chi connectivity index (χ4n) is 4.15. The lowest BCUT2D eigenvalue weighted by Gasteiger charge is -2.28. The van der Waals surface area contributed by atoms with Crippen molar-refractivity contribution in [3.8, 4) is 16.9 Å². The molecule has 1 heterocycles. The molecule has 1 fully saturated rings. The number of halogens is 1. The highest BCUT2D eigenvalue weighted by molar-refractivity contribution is 6.59. The molecule has 0 aliphatic carbocycles. The number of ether oxygens (including phenoxy) is 1. The zero-order valence-electron chi connectivity index (χ0n) is 16.8. The highest BCUT2D eigenvalue weighted by Crippen LogP contribution is 2.37. The number of hydrogen-bond donors (Lipinski definition) is 0. The van der Waals surface area contributed by atoms with Gasteiger partial charge in [0, 0.05) is 14.4 Å². The largest absolute Gasteiger partial charge is 0.494 e. The van der Waals surface area contributed by atoms with Gasteiger partial charge in [-0.25, -0.2) is 4.39 Å². The van der Waals surface area contributed by atoms with Crippen LogP contribution in [0, 0.1) is 5.82 Å². The molecular weight excluding hydrogens is 351 g/mol. The minimum Gasteiger partial charge on any atom is -0.494 e. The van der Waals surface area contributed by atoms with Crippen molar-refractivity contribution >= 4 is 8.80 Å². The van der Waals surface area contributed by atoms with Gasteiger partial charge in [0.2, 0.25) is 0 Å². The van der Waals surface area contributed by atoms with E-state index in [-0.39, 0.29) is 14.6 Å². The van der Waals surface area contributed by atoms with Gasteiger partial charge in [0.1, 0.15) is 11.6 Å². The van der Waals surface area contributed by atoms with Crippen LogP contribution in [0.1, 0.15) is 57.4 Å². The van der Waals surface area contributed by atoms with Crippen molar-refractivity contribution in [2.45, 2.75) is 70.0 Å². The Morgan fingerprint density at radius 1 is 1.00 bits per heavy atom. The molecule has 145 valence electrons. The molecule has 0 unspecified atom stereocenters. The second kappa shape index (κ2) is 10.1. The summed E-state index contributed by atoms with van der Waals surface area (Å²) in [7, 11) is -0.135. The van der Waals surface area contributed by atoms with E-state index in [0.717, 1.165) is 11.3 Å². The van der Waals surface area contributed by atoms with E-state index in [2.05, 4.69) is 13.0 Å². The number of unbranched alkanes of at least 4 members (excludes halogenated alkanes) is 2. The number of hydrogen-bond acceptors (Lipinski definition) is 1. The van der Waals surface area contributed by atoms with Gasteiger partial charge in [0.25, 0.3) is 0 Å². The number of rotatable bonds is 8. The SMILES string of the molecule is CCCCC[Si]1CCC(c2ccc(-c3ccc(OCC)cc3)c(F)c2)CC1. The van der Waals surface area contributed by atoms with Crippen molar-refractivity contribution in [2.75, 3.05) is 6.61 Å². The van der Waals surface area contributed by atoms with Crippen molar-refractivity contribution in [1.82, 2.24) is 0 Å². The summed E-state index contributed by atoms with van der Waals surface area (Å²) >= 11 is 0. The first-order chi connectivity index (χ1) is 13.2. The highest BCUT2D eigenvalue weighted by Gasteiger charge is 2.23. The molecule has 1 aliphatic rings. The normalized spacial score (nSPS) is 15.8. The van der Waals surface area contributed by atoms with Crippen molar-refractivity contribution in [2.24, 2.45) is 0 Å². The lowest BCUT2D eigenvalue weighted by molar-refractivity contribution is 0.340. The molecule has 27 heavy (non-hydrogen) atoms. The molecule has 3 rings (SSSR count). The van der Waals surface area contributed by atoms with Gasteiger partial charge in [-0.1, -0.05) is 68.6 Å². The Labute approximate surface area is 165 Å². The standard InChI is InChI=1S/C24H32FOSi/c1-3-5-6-15-27-16-13-19(14-17-27)21-9-12-23(24(25)18-21)20-7-10-22(11-8-20)26-4-2/h7-12,18-19H,3-6,13-17H2,1-2H3. The van der Waals surface area contributed by atoms with Gasteiger partial charge < -0.3 is 4.74 Å². The summed E-state index contributed by atoms with van der Waals surface area (Å²) < 4.78 is 20.3. The Balaban J connectivity index is 1.61. The average Bonchev–Trinajstić information content (AvgIpc) is 2.70. The summed E-state index contributed by atoms with van der Waals surface area (Å²) in [4.78, 5) is 0. The molecule has 2 aromatic carbocycles. The van der Waals surface area contributed by atoms with Crippen LogP contribution in [0.3, 0.4) is 0 Å². The predicted octanol–water partition coefficient (Wildman–Crippen LogP) is 7.45. The van der Waals surface area contributed by atoms with Gasteiger partial charge in [-0.05, 0) is 55.0 Å². The van der Waals surface area contributed by atoms with E-state index in [1.54, 1.807) is 6.07 Å². The molecule has 3 heteroatoms. The van der Waals surface area contributed by atoms with Crippen LogP contribution in [0.5, 0.6) is 5.75 Å². The Hall–Kier alpha value is -1.61. The first-order valence-corrected chi connectivity index (χ1v) is 12.7. The fraction of sp³-hybridized carbons (Fsp3) is 0.500. The zero-order chi connectivity index (χ0) is 19.1. The molecule has 1 radical (unpaired) electrons. The molecule has 0 spiro atoms. The van der Waals surface area contributed by atoms with Crippen LogP contribution in [-0.2, 0) is 0 Å². The Morgan fingerprint density at radius 3 is 2.37 bits per heavy atom. The summed E-state index contributed by atoms with van der Waals surface area (Å²) in [5.41, 5.74) is 2.78. The first kappa shape index (κ1) is 20.1. The Bertz CT molecular complexity index is 705. The van der Waals surface area contributed by atoms with E-state index >= 15 is 0 Å². The third-order valence-corrected chi connectivity index (χ3v) is 8.82. The van der Waals surface area contributed by atoms with Crippen molar-refractivity contribution in [1.29, 1.82) is 0 Å². The van der Waals surface area contributed by atoms with Gasteiger partial charge in [0.15, 0.2) is 0 Å². The van der Waals surface area contributed by atoms with Crippen LogP contribution in [0.2, 0.25) is 18.1 Å². The smallest absolute Gasteiger partial charge is 0.131 e. The first-order valence-electron chi connectivity index (χ1n) is 10.6. The van der Waals surface area contributed by atoms with Gasteiger partial charge in [-0.2, -0.15) is 0 Å². The second-order valence-corrected chi connectivity index (χ2v) is 10.7. The molecule has 0 saturated carbocycles. The Kier molecular flexibility index (Phi) is 7.51. The van der Waals surface area contributed by atoms with Crippen molar-refractivity contribution < 1.29 is 9.13 Å². The van der Waals surface area contributed by atoms with E-state index in [1.807, 2.05) is 37.3 Å². The van der Waals surface area contributed by atoms with Crippen LogP contribution in [-0.4, -0.2) is 15.4 Å². The summed E-state index contributed by atoms with van der Waals surface area (Å²) in [6.45, 7) is 4.89. The minimum atomic E-state index is -0.135. The third-order valence-electron chi connectivity index (χ3n) is 5.77. The number of benzene rings is 2. The minimum absolute atomic E-state index is 0.101. The lowest BCUT2D eigenvalue weighted by Crippen LogP contribution is -2.20. The predicted molar refractivity (Wildman–Crippen MR) is 115 cm³/mol. The summed E-state index contributed by atoms with van der Waals surface area (Å²) in [5.74, 6) is 1.28. The summed E-state index contributed by atoms with van der Waals surface area (Å²) in [6.07, 6.45) is 6.62. The average molecular weight is 384 g/mol.